The van der Waals surface area contributed by atoms with Gasteiger partial charge in [-0.2, -0.15) is 0 Å². The van der Waals surface area contributed by atoms with Gasteiger partial charge in [-0.05, 0) is 31.6 Å². The third-order valence-electron chi connectivity index (χ3n) is 4.12. The number of sulfone groups is 1. The third-order valence-corrected chi connectivity index (χ3v) is 5.20. The van der Waals surface area contributed by atoms with E-state index in [4.69, 9.17) is 0 Å². The molecular weight excluding hydrogens is 264 g/mol. The van der Waals surface area contributed by atoms with Crippen molar-refractivity contribution < 1.29 is 13.2 Å². The van der Waals surface area contributed by atoms with Crippen LogP contribution < -0.4 is 5.32 Å². The quantitative estimate of drug-likeness (QED) is 0.853. The summed E-state index contributed by atoms with van der Waals surface area (Å²) >= 11 is 0. The molecular formula is C13H24N2O3S. The highest BCUT2D eigenvalue weighted by molar-refractivity contribution is 7.90. The van der Waals surface area contributed by atoms with Crippen molar-refractivity contribution in [3.8, 4) is 0 Å². The Balaban J connectivity index is 1.74. The van der Waals surface area contributed by atoms with Gasteiger partial charge in [0.25, 0.3) is 0 Å². The number of likely N-dealkylation sites (tertiary alicyclic amines) is 1. The second kappa shape index (κ2) is 6.11. The summed E-state index contributed by atoms with van der Waals surface area (Å²) in [5, 5.41) is 3.08. The van der Waals surface area contributed by atoms with E-state index in [1.54, 1.807) is 0 Å². The number of hydrogen-bond donors (Lipinski definition) is 1. The number of carbonyl (C=O) groups is 1. The monoisotopic (exact) mass is 288 g/mol. The van der Waals surface area contributed by atoms with Crippen molar-refractivity contribution in [2.75, 3.05) is 25.1 Å². The fourth-order valence-corrected chi connectivity index (χ4v) is 4.26. The molecule has 0 radical (unpaired) electrons. The number of urea groups is 1. The first kappa shape index (κ1) is 14.6. The molecule has 0 spiro atoms. The number of piperidine rings is 1. The zero-order chi connectivity index (χ0) is 13.9. The largest absolute Gasteiger partial charge is 0.335 e. The fraction of sp³-hybridized carbons (Fsp3) is 0.923. The van der Waals surface area contributed by atoms with E-state index in [-0.39, 0.29) is 17.7 Å². The predicted octanol–water partition coefficient (Wildman–Crippen LogP) is 1.40. The molecule has 110 valence electrons. The Morgan fingerprint density at radius 2 is 1.74 bits per heavy atom. The normalized spacial score (nSPS) is 22.7. The molecule has 2 aliphatic rings. The maximum Gasteiger partial charge on any atom is 0.317 e. The van der Waals surface area contributed by atoms with E-state index in [9.17, 15) is 13.2 Å². The molecule has 0 aromatic heterocycles. The van der Waals surface area contributed by atoms with Gasteiger partial charge in [0.1, 0.15) is 9.84 Å². The Hall–Kier alpha value is -0.780. The second-order valence-corrected chi connectivity index (χ2v) is 8.14. The lowest BCUT2D eigenvalue weighted by molar-refractivity contribution is 0.171. The molecule has 0 unspecified atom stereocenters. The zero-order valence-electron chi connectivity index (χ0n) is 11.6. The van der Waals surface area contributed by atoms with E-state index in [2.05, 4.69) is 5.32 Å². The van der Waals surface area contributed by atoms with Gasteiger partial charge >= 0.3 is 6.03 Å². The Morgan fingerprint density at radius 1 is 1.16 bits per heavy atom. The van der Waals surface area contributed by atoms with Crippen LogP contribution in [-0.4, -0.2) is 50.5 Å². The number of nitrogens with one attached hydrogen (secondary N) is 1. The van der Waals surface area contributed by atoms with Crippen LogP contribution in [0.1, 0.15) is 38.5 Å². The molecule has 6 heteroatoms. The molecule has 1 aliphatic carbocycles. The molecule has 19 heavy (non-hydrogen) atoms. The van der Waals surface area contributed by atoms with E-state index in [1.807, 2.05) is 4.90 Å². The molecule has 2 rings (SSSR count). The van der Waals surface area contributed by atoms with Gasteiger partial charge < -0.3 is 10.2 Å². The Kier molecular flexibility index (Phi) is 4.71. The SMILES string of the molecule is CS(=O)(=O)CC1CCN(C(=O)NC2CCCC2)CC1. The molecule has 1 saturated carbocycles. The van der Waals surface area contributed by atoms with Crippen molar-refractivity contribution in [1.29, 1.82) is 0 Å². The third kappa shape index (κ3) is 4.67. The molecule has 1 saturated heterocycles. The van der Waals surface area contributed by atoms with Crippen LogP contribution in [0.2, 0.25) is 0 Å². The van der Waals surface area contributed by atoms with Gasteiger partial charge in [0.2, 0.25) is 0 Å². The molecule has 2 fully saturated rings. The predicted molar refractivity (Wildman–Crippen MR) is 74.8 cm³/mol. The summed E-state index contributed by atoms with van der Waals surface area (Å²) in [7, 11) is -2.90. The summed E-state index contributed by atoms with van der Waals surface area (Å²) < 4.78 is 22.5. The van der Waals surface area contributed by atoms with Gasteiger partial charge in [-0.25, -0.2) is 13.2 Å². The Morgan fingerprint density at radius 3 is 2.26 bits per heavy atom. The standard InChI is InChI=1S/C13H24N2O3S/c1-19(17,18)10-11-6-8-15(9-7-11)13(16)14-12-4-2-3-5-12/h11-12H,2-10H2,1H3,(H,14,16). The maximum absolute atomic E-state index is 12.0. The lowest BCUT2D eigenvalue weighted by Gasteiger charge is -2.32. The van der Waals surface area contributed by atoms with E-state index in [1.165, 1.54) is 19.1 Å². The molecule has 5 nitrogen and oxygen atoms in total. The van der Waals surface area contributed by atoms with E-state index < -0.39 is 9.84 Å². The van der Waals surface area contributed by atoms with Crippen LogP contribution in [0.15, 0.2) is 0 Å². The van der Waals surface area contributed by atoms with Crippen molar-refractivity contribution in [3.05, 3.63) is 0 Å². The van der Waals surface area contributed by atoms with E-state index in [0.717, 1.165) is 25.7 Å². The minimum atomic E-state index is -2.90. The molecule has 1 aliphatic heterocycles. The van der Waals surface area contributed by atoms with Crippen LogP contribution in [0.25, 0.3) is 0 Å². The van der Waals surface area contributed by atoms with Crippen molar-refractivity contribution in [1.82, 2.24) is 10.2 Å². The van der Waals surface area contributed by atoms with Gasteiger partial charge in [0, 0.05) is 25.4 Å². The van der Waals surface area contributed by atoms with Crippen molar-refractivity contribution >= 4 is 15.9 Å². The number of hydrogen-bond acceptors (Lipinski definition) is 3. The minimum Gasteiger partial charge on any atom is -0.335 e. The van der Waals surface area contributed by atoms with Gasteiger partial charge in [0.05, 0.1) is 5.75 Å². The summed E-state index contributed by atoms with van der Waals surface area (Å²) in [6.45, 7) is 1.36. The summed E-state index contributed by atoms with van der Waals surface area (Å²) in [4.78, 5) is 13.9. The first-order chi connectivity index (χ1) is 8.94. The maximum atomic E-state index is 12.0. The number of rotatable bonds is 3. The van der Waals surface area contributed by atoms with Gasteiger partial charge in [-0.3, -0.25) is 0 Å². The molecule has 1 heterocycles. The van der Waals surface area contributed by atoms with Crippen molar-refractivity contribution in [3.63, 3.8) is 0 Å². The molecule has 0 aromatic carbocycles. The number of nitrogens with zero attached hydrogens (tertiary/aromatic N) is 1. The van der Waals surface area contributed by atoms with E-state index in [0.29, 0.717) is 19.1 Å². The molecule has 2 amide bonds. The van der Waals surface area contributed by atoms with Crippen LogP contribution >= 0.6 is 0 Å². The second-order valence-electron chi connectivity index (χ2n) is 5.95. The zero-order valence-corrected chi connectivity index (χ0v) is 12.4. The molecule has 1 N–H and O–H groups in total. The average Bonchev–Trinajstić information content (AvgIpc) is 2.80. The van der Waals surface area contributed by atoms with Gasteiger partial charge in [-0.1, -0.05) is 12.8 Å². The van der Waals surface area contributed by atoms with Crippen LogP contribution in [-0.2, 0) is 9.84 Å². The summed E-state index contributed by atoms with van der Waals surface area (Å²) in [6.07, 6.45) is 7.48. The smallest absolute Gasteiger partial charge is 0.317 e. The lowest BCUT2D eigenvalue weighted by atomic mass is 9.99. The van der Waals surface area contributed by atoms with Crippen LogP contribution in [0.5, 0.6) is 0 Å². The topological polar surface area (TPSA) is 66.5 Å². The first-order valence-electron chi connectivity index (χ1n) is 7.17. The van der Waals surface area contributed by atoms with Crippen LogP contribution in [0.3, 0.4) is 0 Å². The highest BCUT2D eigenvalue weighted by Gasteiger charge is 2.26. The molecule has 0 aromatic rings. The Bertz CT molecular complexity index is 408. The highest BCUT2D eigenvalue weighted by Crippen LogP contribution is 2.21. The van der Waals surface area contributed by atoms with Gasteiger partial charge in [-0.15, -0.1) is 0 Å². The summed E-state index contributed by atoms with van der Waals surface area (Å²) in [5.41, 5.74) is 0. The Labute approximate surface area is 115 Å². The van der Waals surface area contributed by atoms with E-state index >= 15 is 0 Å². The average molecular weight is 288 g/mol. The first-order valence-corrected chi connectivity index (χ1v) is 9.23. The number of amides is 2. The van der Waals surface area contributed by atoms with Crippen LogP contribution in [0, 0.1) is 5.92 Å². The molecule has 0 bridgehead atoms. The summed E-state index contributed by atoms with van der Waals surface area (Å²) in [5.74, 6) is 0.468. The summed E-state index contributed by atoms with van der Waals surface area (Å²) in [6, 6.07) is 0.381. The molecule has 0 atom stereocenters. The van der Waals surface area contributed by atoms with Crippen molar-refractivity contribution in [2.24, 2.45) is 5.92 Å². The lowest BCUT2D eigenvalue weighted by Crippen LogP contribution is -2.47. The van der Waals surface area contributed by atoms with Crippen molar-refractivity contribution in [2.45, 2.75) is 44.6 Å². The highest BCUT2D eigenvalue weighted by atomic mass is 32.2. The number of carbonyl (C=O) groups excluding carboxylic acids is 1. The minimum absolute atomic E-state index is 0.0321. The fourth-order valence-electron chi connectivity index (χ4n) is 3.07. The van der Waals surface area contributed by atoms with Gasteiger partial charge in [0.15, 0.2) is 0 Å². The van der Waals surface area contributed by atoms with Crippen LogP contribution in [0.4, 0.5) is 4.79 Å².